The van der Waals surface area contributed by atoms with E-state index in [2.05, 4.69) is 10.6 Å². The van der Waals surface area contributed by atoms with E-state index < -0.39 is 12.0 Å². The summed E-state index contributed by atoms with van der Waals surface area (Å²) in [4.78, 5) is 34.7. The van der Waals surface area contributed by atoms with Crippen molar-refractivity contribution in [3.63, 3.8) is 0 Å². The number of anilines is 1. The second-order valence-corrected chi connectivity index (χ2v) is 5.28. The van der Waals surface area contributed by atoms with Crippen LogP contribution in [0.25, 0.3) is 0 Å². The number of esters is 1. The molecule has 0 saturated carbocycles. The molecule has 1 saturated heterocycles. The van der Waals surface area contributed by atoms with Crippen molar-refractivity contribution in [1.29, 1.82) is 0 Å². The van der Waals surface area contributed by atoms with Crippen LogP contribution < -0.4 is 10.6 Å². The number of benzene rings is 1. The SMILES string of the molecule is CCc1cccc(C)c1NC(=O)COC(=O)[C@@H]1CCC(=O)N1. The fourth-order valence-corrected chi connectivity index (χ4v) is 2.41. The molecule has 2 N–H and O–H groups in total. The molecule has 1 aromatic rings. The molecular formula is C16H20N2O4. The average molecular weight is 304 g/mol. The molecular weight excluding hydrogens is 284 g/mol. The van der Waals surface area contributed by atoms with Crippen LogP contribution in [0.15, 0.2) is 18.2 Å². The Balaban J connectivity index is 1.88. The Morgan fingerprint density at radius 2 is 2.18 bits per heavy atom. The van der Waals surface area contributed by atoms with Crippen LogP contribution in [0.4, 0.5) is 5.69 Å². The number of nitrogens with one attached hydrogen (secondary N) is 2. The topological polar surface area (TPSA) is 84.5 Å². The number of para-hydroxylation sites is 1. The summed E-state index contributed by atoms with van der Waals surface area (Å²) in [6, 6.07) is 5.16. The summed E-state index contributed by atoms with van der Waals surface area (Å²) in [6.07, 6.45) is 1.53. The summed E-state index contributed by atoms with van der Waals surface area (Å²) in [5, 5.41) is 5.29. The second-order valence-electron chi connectivity index (χ2n) is 5.28. The normalized spacial score (nSPS) is 17.0. The van der Waals surface area contributed by atoms with Gasteiger partial charge in [0.1, 0.15) is 6.04 Å². The molecule has 1 aliphatic rings. The highest BCUT2D eigenvalue weighted by Gasteiger charge is 2.28. The van der Waals surface area contributed by atoms with Gasteiger partial charge in [0.05, 0.1) is 0 Å². The van der Waals surface area contributed by atoms with Crippen LogP contribution in [0.5, 0.6) is 0 Å². The molecule has 0 spiro atoms. The Morgan fingerprint density at radius 1 is 1.41 bits per heavy atom. The quantitative estimate of drug-likeness (QED) is 0.804. The Labute approximate surface area is 129 Å². The maximum absolute atomic E-state index is 11.9. The van der Waals surface area contributed by atoms with Crippen molar-refractivity contribution in [1.82, 2.24) is 5.32 Å². The van der Waals surface area contributed by atoms with Crippen molar-refractivity contribution in [3.05, 3.63) is 29.3 Å². The van der Waals surface area contributed by atoms with Gasteiger partial charge in [0.15, 0.2) is 6.61 Å². The molecule has 6 heteroatoms. The monoisotopic (exact) mass is 304 g/mol. The average Bonchev–Trinajstić information content (AvgIpc) is 2.93. The summed E-state index contributed by atoms with van der Waals surface area (Å²) in [5.74, 6) is -1.12. The van der Waals surface area contributed by atoms with Gasteiger partial charge in [-0.3, -0.25) is 9.59 Å². The number of carbonyl (C=O) groups is 3. The first-order valence-corrected chi connectivity index (χ1v) is 7.35. The Morgan fingerprint density at radius 3 is 2.82 bits per heavy atom. The van der Waals surface area contributed by atoms with Crippen LogP contribution in [0, 0.1) is 6.92 Å². The van der Waals surface area contributed by atoms with Crippen LogP contribution in [-0.4, -0.2) is 30.4 Å². The molecule has 2 rings (SSSR count). The molecule has 22 heavy (non-hydrogen) atoms. The molecule has 1 aliphatic heterocycles. The van der Waals surface area contributed by atoms with Gasteiger partial charge in [-0.1, -0.05) is 25.1 Å². The number of hydrogen-bond acceptors (Lipinski definition) is 4. The van der Waals surface area contributed by atoms with E-state index in [4.69, 9.17) is 4.74 Å². The molecule has 0 bridgehead atoms. The van der Waals surface area contributed by atoms with E-state index in [1.165, 1.54) is 0 Å². The molecule has 1 aromatic carbocycles. The number of hydrogen-bond donors (Lipinski definition) is 2. The zero-order chi connectivity index (χ0) is 16.1. The molecule has 1 heterocycles. The zero-order valence-corrected chi connectivity index (χ0v) is 12.8. The van der Waals surface area contributed by atoms with Crippen molar-refractivity contribution >= 4 is 23.5 Å². The van der Waals surface area contributed by atoms with Crippen molar-refractivity contribution in [2.45, 2.75) is 39.2 Å². The van der Waals surface area contributed by atoms with E-state index in [-0.39, 0.29) is 18.4 Å². The van der Waals surface area contributed by atoms with Gasteiger partial charge in [-0.05, 0) is 30.9 Å². The predicted molar refractivity (Wildman–Crippen MR) is 81.3 cm³/mol. The first-order valence-electron chi connectivity index (χ1n) is 7.35. The van der Waals surface area contributed by atoms with Gasteiger partial charge in [0.25, 0.3) is 5.91 Å². The van der Waals surface area contributed by atoms with E-state index in [1.807, 2.05) is 32.0 Å². The molecule has 0 unspecified atom stereocenters. The molecule has 0 aromatic heterocycles. The zero-order valence-electron chi connectivity index (χ0n) is 12.8. The molecule has 1 fully saturated rings. The molecule has 118 valence electrons. The van der Waals surface area contributed by atoms with Crippen molar-refractivity contribution in [2.75, 3.05) is 11.9 Å². The number of rotatable bonds is 5. The Bertz CT molecular complexity index is 598. The highest BCUT2D eigenvalue weighted by Crippen LogP contribution is 2.20. The first-order chi connectivity index (χ1) is 10.5. The van der Waals surface area contributed by atoms with Crippen LogP contribution >= 0.6 is 0 Å². The number of carbonyl (C=O) groups excluding carboxylic acids is 3. The number of aryl methyl sites for hydroxylation is 2. The summed E-state index contributed by atoms with van der Waals surface area (Å²) < 4.78 is 4.96. The van der Waals surface area contributed by atoms with Crippen molar-refractivity contribution < 1.29 is 19.1 Å². The molecule has 6 nitrogen and oxygen atoms in total. The Kier molecular flexibility index (Phi) is 5.14. The van der Waals surface area contributed by atoms with E-state index >= 15 is 0 Å². The van der Waals surface area contributed by atoms with Gasteiger partial charge < -0.3 is 15.4 Å². The Hall–Kier alpha value is -2.37. The second kappa shape index (κ2) is 7.06. The molecule has 0 aliphatic carbocycles. The van der Waals surface area contributed by atoms with E-state index in [0.717, 1.165) is 23.2 Å². The predicted octanol–water partition coefficient (Wildman–Crippen LogP) is 1.32. The van der Waals surface area contributed by atoms with Gasteiger partial charge in [0, 0.05) is 12.1 Å². The largest absolute Gasteiger partial charge is 0.454 e. The lowest BCUT2D eigenvalue weighted by Crippen LogP contribution is -2.36. The van der Waals surface area contributed by atoms with Crippen molar-refractivity contribution in [2.24, 2.45) is 0 Å². The van der Waals surface area contributed by atoms with Gasteiger partial charge >= 0.3 is 5.97 Å². The first kappa shape index (κ1) is 16.0. The van der Waals surface area contributed by atoms with Gasteiger partial charge in [-0.25, -0.2) is 4.79 Å². The molecule has 1 atom stereocenters. The fourth-order valence-electron chi connectivity index (χ4n) is 2.41. The fraction of sp³-hybridized carbons (Fsp3) is 0.438. The van der Waals surface area contributed by atoms with E-state index in [9.17, 15) is 14.4 Å². The highest BCUT2D eigenvalue weighted by atomic mass is 16.5. The van der Waals surface area contributed by atoms with Crippen LogP contribution in [0.2, 0.25) is 0 Å². The smallest absolute Gasteiger partial charge is 0.329 e. The highest BCUT2D eigenvalue weighted by molar-refractivity contribution is 5.95. The third-order valence-corrected chi connectivity index (χ3v) is 3.63. The summed E-state index contributed by atoms with van der Waals surface area (Å²) in [5.41, 5.74) is 2.75. The lowest BCUT2D eigenvalue weighted by Gasteiger charge is -2.14. The van der Waals surface area contributed by atoms with E-state index in [0.29, 0.717) is 12.8 Å². The maximum atomic E-state index is 11.9. The lowest BCUT2D eigenvalue weighted by molar-refractivity contribution is -0.149. The third-order valence-electron chi connectivity index (χ3n) is 3.63. The summed E-state index contributed by atoms with van der Waals surface area (Å²) >= 11 is 0. The van der Waals surface area contributed by atoms with Gasteiger partial charge in [-0.2, -0.15) is 0 Å². The standard InChI is InChI=1S/C16H20N2O4/c1-3-11-6-4-5-10(2)15(11)18-14(20)9-22-16(21)12-7-8-13(19)17-12/h4-6,12H,3,7-9H2,1-2H3,(H,17,19)(H,18,20)/t12-/m0/s1. The summed E-state index contributed by atoms with van der Waals surface area (Å²) in [7, 11) is 0. The van der Waals surface area contributed by atoms with Crippen LogP contribution in [-0.2, 0) is 25.5 Å². The van der Waals surface area contributed by atoms with Gasteiger partial charge in [0.2, 0.25) is 5.91 Å². The van der Waals surface area contributed by atoms with Crippen LogP contribution in [0.1, 0.15) is 30.9 Å². The third kappa shape index (κ3) is 3.84. The lowest BCUT2D eigenvalue weighted by atomic mass is 10.1. The number of amides is 2. The number of ether oxygens (including phenoxy) is 1. The molecule has 0 radical (unpaired) electrons. The molecule has 2 amide bonds. The minimum Gasteiger partial charge on any atom is -0.454 e. The summed E-state index contributed by atoms with van der Waals surface area (Å²) in [6.45, 7) is 3.56. The minimum absolute atomic E-state index is 0.168. The minimum atomic E-state index is -0.634. The van der Waals surface area contributed by atoms with E-state index in [1.54, 1.807) is 0 Å². The van der Waals surface area contributed by atoms with Crippen molar-refractivity contribution in [3.8, 4) is 0 Å². The van der Waals surface area contributed by atoms with Gasteiger partial charge in [-0.15, -0.1) is 0 Å². The van der Waals surface area contributed by atoms with Crippen LogP contribution in [0.3, 0.4) is 0 Å². The maximum Gasteiger partial charge on any atom is 0.329 e.